The van der Waals surface area contributed by atoms with Crippen LogP contribution in [0, 0.1) is 0 Å². The van der Waals surface area contributed by atoms with Crippen molar-refractivity contribution in [1.29, 1.82) is 0 Å². The molecule has 0 amide bonds. The van der Waals surface area contributed by atoms with Crippen molar-refractivity contribution in [2.45, 2.75) is 64.5 Å². The molecule has 1 rings (SSSR count). The molecule has 5 nitrogen and oxygen atoms in total. The van der Waals surface area contributed by atoms with Crippen molar-refractivity contribution < 1.29 is 4.79 Å². The van der Waals surface area contributed by atoms with Gasteiger partial charge in [-0.25, -0.2) is 0 Å². The Morgan fingerprint density at radius 3 is 2.35 bits per heavy atom. The maximum Gasteiger partial charge on any atom is 0.162 e. The van der Waals surface area contributed by atoms with Crippen molar-refractivity contribution in [3.8, 4) is 0 Å². The fourth-order valence-electron chi connectivity index (χ4n) is 2.42. The SMILES string of the molecule is CNC(C)(C)CCCC(=O)c1ccc(CC(C)(C)N=[N+]=[N-])cc1. The number of hydrogen-bond acceptors (Lipinski definition) is 3. The quantitative estimate of drug-likeness (QED) is 0.311. The number of ketones is 1. The van der Waals surface area contributed by atoms with Crippen LogP contribution in [-0.4, -0.2) is 23.9 Å². The fraction of sp³-hybridized carbons (Fsp3) is 0.611. The second-order valence-corrected chi connectivity index (χ2v) is 7.29. The summed E-state index contributed by atoms with van der Waals surface area (Å²) >= 11 is 0. The number of carbonyl (C=O) groups excluding carboxylic acids is 1. The van der Waals surface area contributed by atoms with Gasteiger partial charge in [0.15, 0.2) is 5.78 Å². The number of Topliss-reactive ketones (excluding diaryl/α,β-unsaturated/α-hetero) is 1. The van der Waals surface area contributed by atoms with Crippen LogP contribution < -0.4 is 5.32 Å². The molecule has 0 radical (unpaired) electrons. The molecule has 0 bridgehead atoms. The third-order valence-electron chi connectivity index (χ3n) is 4.11. The second kappa shape index (κ2) is 8.14. The van der Waals surface area contributed by atoms with E-state index in [-0.39, 0.29) is 11.3 Å². The maximum absolute atomic E-state index is 12.2. The highest BCUT2D eigenvalue weighted by molar-refractivity contribution is 5.96. The Morgan fingerprint density at radius 1 is 1.22 bits per heavy atom. The Morgan fingerprint density at radius 2 is 1.83 bits per heavy atom. The molecule has 0 atom stereocenters. The molecular weight excluding hydrogens is 288 g/mol. The molecule has 0 saturated heterocycles. The molecule has 0 aliphatic heterocycles. The zero-order chi connectivity index (χ0) is 17.5. The van der Waals surface area contributed by atoms with Gasteiger partial charge in [-0.2, -0.15) is 0 Å². The van der Waals surface area contributed by atoms with Crippen LogP contribution in [0.5, 0.6) is 0 Å². The van der Waals surface area contributed by atoms with Crippen LogP contribution in [0.15, 0.2) is 29.4 Å². The summed E-state index contributed by atoms with van der Waals surface area (Å²) in [7, 11) is 1.94. The molecule has 126 valence electrons. The second-order valence-electron chi connectivity index (χ2n) is 7.29. The molecule has 0 spiro atoms. The van der Waals surface area contributed by atoms with E-state index in [0.717, 1.165) is 24.0 Å². The van der Waals surface area contributed by atoms with Gasteiger partial charge in [-0.15, -0.1) is 0 Å². The molecule has 0 aromatic heterocycles. The minimum atomic E-state index is -0.459. The fourth-order valence-corrected chi connectivity index (χ4v) is 2.42. The first-order valence-corrected chi connectivity index (χ1v) is 8.06. The minimum Gasteiger partial charge on any atom is -0.315 e. The van der Waals surface area contributed by atoms with Crippen molar-refractivity contribution in [2.24, 2.45) is 5.11 Å². The lowest BCUT2D eigenvalue weighted by Crippen LogP contribution is -2.35. The van der Waals surface area contributed by atoms with Gasteiger partial charge in [0.1, 0.15) is 0 Å². The Balaban J connectivity index is 2.59. The van der Waals surface area contributed by atoms with E-state index in [2.05, 4.69) is 29.2 Å². The number of azide groups is 1. The van der Waals surface area contributed by atoms with Gasteiger partial charge in [0.05, 0.1) is 0 Å². The van der Waals surface area contributed by atoms with Crippen LogP contribution >= 0.6 is 0 Å². The van der Waals surface area contributed by atoms with Crippen LogP contribution in [0.2, 0.25) is 0 Å². The number of benzene rings is 1. The summed E-state index contributed by atoms with van der Waals surface area (Å²) in [5, 5.41) is 7.04. The lowest BCUT2D eigenvalue weighted by molar-refractivity contribution is 0.0977. The van der Waals surface area contributed by atoms with Gasteiger partial charge in [0, 0.05) is 28.0 Å². The normalized spacial score (nSPS) is 11.9. The monoisotopic (exact) mass is 316 g/mol. The summed E-state index contributed by atoms with van der Waals surface area (Å²) < 4.78 is 0. The molecule has 0 unspecified atom stereocenters. The zero-order valence-electron chi connectivity index (χ0n) is 14.9. The Bertz CT molecular complexity index is 569. The molecule has 0 heterocycles. The van der Waals surface area contributed by atoms with Crippen molar-refractivity contribution in [1.82, 2.24) is 5.32 Å². The van der Waals surface area contributed by atoms with Gasteiger partial charge >= 0.3 is 0 Å². The van der Waals surface area contributed by atoms with Crippen molar-refractivity contribution in [3.05, 3.63) is 45.8 Å². The molecule has 0 fully saturated rings. The lowest BCUT2D eigenvalue weighted by Gasteiger charge is -2.23. The van der Waals surface area contributed by atoms with Gasteiger partial charge in [-0.3, -0.25) is 4.79 Å². The Kier molecular flexibility index (Phi) is 6.79. The number of carbonyl (C=O) groups is 1. The number of rotatable bonds is 9. The highest BCUT2D eigenvalue weighted by Gasteiger charge is 2.17. The zero-order valence-corrected chi connectivity index (χ0v) is 14.9. The van der Waals surface area contributed by atoms with Gasteiger partial charge in [0.2, 0.25) is 0 Å². The van der Waals surface area contributed by atoms with E-state index >= 15 is 0 Å². The summed E-state index contributed by atoms with van der Waals surface area (Å²) in [6.45, 7) is 8.07. The van der Waals surface area contributed by atoms with E-state index in [4.69, 9.17) is 5.53 Å². The molecule has 1 N–H and O–H groups in total. The predicted octanol–water partition coefficient (Wildman–Crippen LogP) is 4.67. The van der Waals surface area contributed by atoms with E-state index < -0.39 is 5.54 Å². The Labute approximate surface area is 139 Å². The molecular formula is C18H28N4O. The van der Waals surface area contributed by atoms with Crippen molar-refractivity contribution >= 4 is 5.78 Å². The van der Waals surface area contributed by atoms with Crippen LogP contribution in [0.25, 0.3) is 10.4 Å². The smallest absolute Gasteiger partial charge is 0.162 e. The molecule has 0 aliphatic carbocycles. The topological polar surface area (TPSA) is 77.9 Å². The predicted molar refractivity (Wildman–Crippen MR) is 94.7 cm³/mol. The maximum atomic E-state index is 12.2. The van der Waals surface area contributed by atoms with E-state index in [1.54, 1.807) is 0 Å². The third kappa shape index (κ3) is 6.85. The standard InChI is InChI=1S/C18H28N4O/c1-17(2,20-5)12-6-7-16(23)15-10-8-14(9-11-15)13-18(3,4)21-22-19/h8-11,20H,6-7,12-13H2,1-5H3. The largest absolute Gasteiger partial charge is 0.315 e. The first kappa shape index (κ1) is 19.2. The summed E-state index contributed by atoms with van der Waals surface area (Å²) in [5.74, 6) is 0.178. The molecule has 1 aromatic carbocycles. The van der Waals surface area contributed by atoms with Gasteiger partial charge in [0.25, 0.3) is 0 Å². The molecule has 23 heavy (non-hydrogen) atoms. The highest BCUT2D eigenvalue weighted by atomic mass is 16.1. The summed E-state index contributed by atoms with van der Waals surface area (Å²) in [6, 6.07) is 7.62. The Hall–Kier alpha value is -1.84. The van der Waals surface area contributed by atoms with Gasteiger partial charge in [-0.05, 0) is 51.3 Å². The molecule has 0 saturated carbocycles. The first-order chi connectivity index (χ1) is 10.7. The summed E-state index contributed by atoms with van der Waals surface area (Å²) in [6.07, 6.45) is 3.06. The van der Waals surface area contributed by atoms with Crippen molar-refractivity contribution in [3.63, 3.8) is 0 Å². The third-order valence-corrected chi connectivity index (χ3v) is 4.11. The van der Waals surface area contributed by atoms with Crippen LogP contribution in [0.1, 0.15) is 62.9 Å². The van der Waals surface area contributed by atoms with E-state index in [9.17, 15) is 4.79 Å². The molecule has 1 aromatic rings. The molecule has 0 aliphatic rings. The van der Waals surface area contributed by atoms with E-state index in [1.807, 2.05) is 45.2 Å². The lowest BCUT2D eigenvalue weighted by atomic mass is 9.93. The van der Waals surface area contributed by atoms with Crippen LogP contribution in [0.4, 0.5) is 0 Å². The van der Waals surface area contributed by atoms with Crippen LogP contribution in [0.3, 0.4) is 0 Å². The van der Waals surface area contributed by atoms with E-state index in [1.165, 1.54) is 0 Å². The molecule has 5 heteroatoms. The number of hydrogen-bond donors (Lipinski definition) is 1. The number of nitrogens with one attached hydrogen (secondary N) is 1. The van der Waals surface area contributed by atoms with Gasteiger partial charge in [-0.1, -0.05) is 43.2 Å². The average molecular weight is 316 g/mol. The van der Waals surface area contributed by atoms with Gasteiger partial charge < -0.3 is 5.32 Å². The highest BCUT2D eigenvalue weighted by Crippen LogP contribution is 2.19. The van der Waals surface area contributed by atoms with Crippen LogP contribution in [-0.2, 0) is 6.42 Å². The van der Waals surface area contributed by atoms with E-state index in [0.29, 0.717) is 12.8 Å². The minimum absolute atomic E-state index is 0.0664. The summed E-state index contributed by atoms with van der Waals surface area (Å²) in [4.78, 5) is 15.1. The number of nitrogens with zero attached hydrogens (tertiary/aromatic N) is 3. The average Bonchev–Trinajstić information content (AvgIpc) is 2.47. The summed E-state index contributed by atoms with van der Waals surface area (Å²) in [5.41, 5.74) is 9.98. The van der Waals surface area contributed by atoms with Crippen molar-refractivity contribution in [2.75, 3.05) is 7.05 Å². The first-order valence-electron chi connectivity index (χ1n) is 8.06.